The standard InChI is InChI=1S/4HNO2.Zn/c4*2-1-3;/h4*(H,2,3);/p-4. The number of nitrogens with zero attached hydrogens (tertiary/aromatic N) is 4. The van der Waals surface area contributed by atoms with E-state index in [0.29, 0.717) is 0 Å². The summed E-state index contributed by atoms with van der Waals surface area (Å²) in [5, 5.41) is 36.0. The predicted octanol–water partition coefficient (Wildman–Crippen LogP) is 1.000. The Bertz CT molecular complexity index is 70.1. The summed E-state index contributed by atoms with van der Waals surface area (Å²) in [5.41, 5.74) is 0. The molecule has 12 nitrogen and oxygen atoms in total. The first-order valence-corrected chi connectivity index (χ1v) is 1.46. The smallest absolute Gasteiger partial charge is 0 e. The summed E-state index contributed by atoms with van der Waals surface area (Å²) in [4.78, 5) is 32.0. The Balaban J connectivity index is -0.0000000213. The molecule has 13 heavy (non-hydrogen) atoms. The normalized spacial score (nSPS) is 3.69. The van der Waals surface area contributed by atoms with Crippen LogP contribution in [0.4, 0.5) is 0 Å². The maximum atomic E-state index is 8.00. The van der Waals surface area contributed by atoms with E-state index in [4.69, 9.17) is 40.5 Å². The van der Waals surface area contributed by atoms with Gasteiger partial charge < -0.3 is 40.5 Å². The van der Waals surface area contributed by atoms with Gasteiger partial charge in [0.05, 0.1) is 0 Å². The van der Waals surface area contributed by atoms with Gasteiger partial charge >= 0.3 is 0 Å². The molecule has 0 aliphatic carbocycles. The maximum absolute atomic E-state index is 8.00. The first kappa shape index (κ1) is 30.3. The van der Waals surface area contributed by atoms with Crippen LogP contribution in [0.2, 0.25) is 0 Å². The number of hydrogen-bond acceptors (Lipinski definition) is 12. The zero-order chi connectivity index (χ0) is 10.8. The quantitative estimate of drug-likeness (QED) is 0.342. The molecule has 0 saturated heterocycles. The van der Waals surface area contributed by atoms with Gasteiger partial charge in [0.25, 0.3) is 0 Å². The van der Waals surface area contributed by atoms with Gasteiger partial charge in [-0.15, -0.1) is 21.4 Å². The van der Waals surface area contributed by atoms with Crippen molar-refractivity contribution in [3.05, 3.63) is 40.5 Å². The number of hydrogen-bond donors (Lipinski definition) is 0. The molecule has 0 bridgehead atoms. The summed E-state index contributed by atoms with van der Waals surface area (Å²) in [6.45, 7) is 0. The van der Waals surface area contributed by atoms with Gasteiger partial charge in [-0.05, 0) is 0 Å². The van der Waals surface area contributed by atoms with Gasteiger partial charge in [0.2, 0.25) is 0 Å². The zero-order valence-corrected chi connectivity index (χ0v) is 8.73. The van der Waals surface area contributed by atoms with Crippen molar-refractivity contribution in [1.29, 1.82) is 0 Å². The van der Waals surface area contributed by atoms with Crippen molar-refractivity contribution in [2.75, 3.05) is 0 Å². The number of rotatable bonds is 0. The molecule has 0 N–H and O–H groups in total. The molecule has 0 atom stereocenters. The SMILES string of the molecule is O=N[O-].O=N[O-].O=N[O-].O=N[O-].[Zn]. The molecule has 0 amide bonds. The first-order valence-electron chi connectivity index (χ1n) is 1.46. The zero-order valence-electron chi connectivity index (χ0n) is 5.76. The Kier molecular flexibility index (Phi) is 410. The van der Waals surface area contributed by atoms with E-state index in [1.807, 2.05) is 0 Å². The van der Waals surface area contributed by atoms with Crippen LogP contribution in [0, 0.1) is 40.5 Å². The van der Waals surface area contributed by atoms with Crippen LogP contribution >= 0.6 is 0 Å². The summed E-state index contributed by atoms with van der Waals surface area (Å²) >= 11 is 0. The molecule has 0 aromatic carbocycles. The molecule has 0 unspecified atom stereocenters. The average Bonchev–Trinajstić information content (AvgIpc) is 1.92. The van der Waals surface area contributed by atoms with E-state index in [1.165, 1.54) is 0 Å². The van der Waals surface area contributed by atoms with E-state index in [1.54, 1.807) is 0 Å². The van der Waals surface area contributed by atoms with Crippen LogP contribution in [0.5, 0.6) is 0 Å². The summed E-state index contributed by atoms with van der Waals surface area (Å²) < 4.78 is 0. The second-order valence-electron chi connectivity index (χ2n) is 0.298. The second-order valence-corrected chi connectivity index (χ2v) is 0.298. The van der Waals surface area contributed by atoms with Gasteiger partial charge in [-0.25, -0.2) is 0 Å². The minimum absolute atomic E-state index is 0. The fourth-order valence-electron chi connectivity index (χ4n) is 0. The van der Waals surface area contributed by atoms with E-state index in [9.17, 15) is 0 Å². The predicted molar refractivity (Wildman–Crippen MR) is 36.6 cm³/mol. The van der Waals surface area contributed by atoms with Gasteiger partial charge in [0.1, 0.15) is 0 Å². The van der Waals surface area contributed by atoms with Crippen molar-refractivity contribution in [2.24, 2.45) is 21.4 Å². The largest absolute Gasteiger partial charge is 0.444 e. The molecule has 74 valence electrons. The Morgan fingerprint density at radius 3 is 0.538 bits per heavy atom. The molecule has 0 aromatic rings. The van der Waals surface area contributed by atoms with E-state index in [-0.39, 0.29) is 19.5 Å². The van der Waals surface area contributed by atoms with Crippen molar-refractivity contribution in [1.82, 2.24) is 0 Å². The minimum Gasteiger partial charge on any atom is -0.444 e. The Morgan fingerprint density at radius 1 is 0.538 bits per heavy atom. The third-order valence-electron chi connectivity index (χ3n) is 0. The Labute approximate surface area is 82.0 Å². The van der Waals surface area contributed by atoms with Crippen molar-refractivity contribution in [3.63, 3.8) is 0 Å². The molecule has 0 spiro atoms. The molecule has 0 aliphatic heterocycles. The second kappa shape index (κ2) is 176. The van der Waals surface area contributed by atoms with Crippen molar-refractivity contribution < 1.29 is 19.5 Å². The van der Waals surface area contributed by atoms with Gasteiger partial charge in [-0.3, -0.25) is 0 Å². The van der Waals surface area contributed by atoms with Crippen LogP contribution in [0.25, 0.3) is 0 Å². The van der Waals surface area contributed by atoms with Gasteiger partial charge in [0.15, 0.2) is 0 Å². The topological polar surface area (TPSA) is 210 Å². The summed E-state index contributed by atoms with van der Waals surface area (Å²) in [6, 6.07) is 0. The van der Waals surface area contributed by atoms with Gasteiger partial charge in [0, 0.05) is 19.5 Å². The summed E-state index contributed by atoms with van der Waals surface area (Å²) in [6.07, 6.45) is 0. The Hall–Kier alpha value is -1.78. The molecule has 0 saturated carbocycles. The fraction of sp³-hybridized carbons (Fsp3) is 0. The van der Waals surface area contributed by atoms with Gasteiger partial charge in [-0.1, -0.05) is 0 Å². The third-order valence-corrected chi connectivity index (χ3v) is 0. The van der Waals surface area contributed by atoms with Crippen molar-refractivity contribution in [2.45, 2.75) is 0 Å². The Morgan fingerprint density at radius 2 is 0.538 bits per heavy atom. The van der Waals surface area contributed by atoms with Crippen LogP contribution < -0.4 is 0 Å². The summed E-state index contributed by atoms with van der Waals surface area (Å²) in [5.74, 6) is 0. The van der Waals surface area contributed by atoms with Crippen LogP contribution in [-0.2, 0) is 19.5 Å². The molecule has 0 radical (unpaired) electrons. The molecule has 0 aliphatic rings. The minimum atomic E-state index is 0. The molecule has 0 aromatic heterocycles. The summed E-state index contributed by atoms with van der Waals surface area (Å²) in [7, 11) is 0. The van der Waals surface area contributed by atoms with E-state index in [0.717, 1.165) is 21.4 Å². The average molecular weight is 249 g/mol. The van der Waals surface area contributed by atoms with Crippen molar-refractivity contribution >= 4 is 0 Å². The van der Waals surface area contributed by atoms with Crippen LogP contribution in [0.3, 0.4) is 0 Å². The van der Waals surface area contributed by atoms with Crippen LogP contribution in [0.15, 0.2) is 21.4 Å². The van der Waals surface area contributed by atoms with E-state index >= 15 is 0 Å². The van der Waals surface area contributed by atoms with Crippen LogP contribution in [0.1, 0.15) is 0 Å². The van der Waals surface area contributed by atoms with E-state index in [2.05, 4.69) is 0 Å². The molecule has 13 heteroatoms. The maximum Gasteiger partial charge on any atom is 0 e. The van der Waals surface area contributed by atoms with Gasteiger partial charge in [-0.2, -0.15) is 0 Å². The molecular formula is N4O8Zn-4. The fourth-order valence-corrected chi connectivity index (χ4v) is 0. The third kappa shape index (κ3) is 219. The molecular weight excluding hydrogens is 249 g/mol. The van der Waals surface area contributed by atoms with E-state index < -0.39 is 0 Å². The molecule has 0 heterocycles. The molecule has 0 rings (SSSR count). The monoisotopic (exact) mass is 248 g/mol. The van der Waals surface area contributed by atoms with Crippen LogP contribution in [-0.4, -0.2) is 0 Å². The first-order chi connectivity index (χ1) is 5.66. The van der Waals surface area contributed by atoms with Crippen molar-refractivity contribution in [3.8, 4) is 0 Å². The molecule has 0 fully saturated rings.